The van der Waals surface area contributed by atoms with Gasteiger partial charge in [0.05, 0.1) is 17.6 Å². The summed E-state index contributed by atoms with van der Waals surface area (Å²) in [5.74, 6) is -0.205. The number of carbonyl (C=O) groups excluding carboxylic acids is 1. The smallest absolute Gasteiger partial charge is 0.269 e. The molecule has 0 unspecified atom stereocenters. The molecule has 0 radical (unpaired) electrons. The Morgan fingerprint density at radius 2 is 1.31 bits per heavy atom. The lowest BCUT2D eigenvalue weighted by Gasteiger charge is -2.22. The van der Waals surface area contributed by atoms with Gasteiger partial charge in [0, 0.05) is 37.1 Å². The van der Waals surface area contributed by atoms with Crippen LogP contribution in [0.5, 0.6) is 0 Å². The van der Waals surface area contributed by atoms with Crippen LogP contribution in [0.2, 0.25) is 0 Å². The normalized spacial score (nSPS) is 12.4. The molecule has 1 aromatic carbocycles. The van der Waals surface area contributed by atoms with Crippen LogP contribution in [0.15, 0.2) is 54.9 Å². The van der Waals surface area contributed by atoms with E-state index in [0.29, 0.717) is 12.0 Å². The summed E-state index contributed by atoms with van der Waals surface area (Å²) in [6, 6.07) is 10.8. The fourth-order valence-electron chi connectivity index (χ4n) is 4.64. The van der Waals surface area contributed by atoms with Crippen LogP contribution < -0.4 is 26.9 Å². The Morgan fingerprint density at radius 3 is 1.79 bits per heavy atom. The minimum Gasteiger partial charge on any atom is -1.00 e. The van der Waals surface area contributed by atoms with Crippen molar-refractivity contribution in [2.45, 2.75) is 109 Å². The van der Waals surface area contributed by atoms with Crippen LogP contribution in [-0.4, -0.2) is 33.7 Å². The third kappa shape index (κ3) is 15.1. The van der Waals surface area contributed by atoms with E-state index in [9.17, 15) is 25.1 Å². The number of aryl methyl sites for hydroxylation is 1. The van der Waals surface area contributed by atoms with Crippen LogP contribution in [-0.2, 0) is 11.3 Å². The molecule has 0 spiro atoms. The third-order valence-electron chi connectivity index (χ3n) is 6.97. The molecule has 0 aliphatic rings. The van der Waals surface area contributed by atoms with E-state index in [4.69, 9.17) is 0 Å². The van der Waals surface area contributed by atoms with Gasteiger partial charge in [-0.15, -0.1) is 0 Å². The number of nitrogens with zero attached hydrogens (tertiary/aromatic N) is 2. The Balaban J connectivity index is 0.00000760. The van der Waals surface area contributed by atoms with Crippen molar-refractivity contribution in [3.05, 3.63) is 70.5 Å². The van der Waals surface area contributed by atoms with Gasteiger partial charge in [0.1, 0.15) is 12.6 Å². The second-order valence-corrected chi connectivity index (χ2v) is 10.1. The Hall–Kier alpha value is -2.36. The monoisotopic (exact) mass is 607 g/mol. The van der Waals surface area contributed by atoms with E-state index in [-0.39, 0.29) is 28.6 Å². The summed E-state index contributed by atoms with van der Waals surface area (Å²) in [6.07, 6.45) is 19.3. The number of non-ortho nitro benzene ring substituents is 1. The van der Waals surface area contributed by atoms with Crippen molar-refractivity contribution in [3.8, 4) is 0 Å². The zero-order valence-corrected chi connectivity index (χ0v) is 24.6. The highest BCUT2D eigenvalue weighted by molar-refractivity contribution is 5.76. The molecule has 0 aliphatic carbocycles. The highest BCUT2D eigenvalue weighted by Crippen LogP contribution is 2.21. The number of nitrogens with one attached hydrogen (secondary N) is 1. The van der Waals surface area contributed by atoms with Gasteiger partial charge in [0.25, 0.3) is 5.69 Å². The van der Waals surface area contributed by atoms with Gasteiger partial charge in [0.15, 0.2) is 12.4 Å². The molecular formula is C30H46BrN3O5. The number of amides is 1. The second-order valence-electron chi connectivity index (χ2n) is 10.1. The van der Waals surface area contributed by atoms with E-state index in [0.717, 1.165) is 25.8 Å². The Morgan fingerprint density at radius 1 is 0.821 bits per heavy atom. The Labute approximate surface area is 243 Å². The van der Waals surface area contributed by atoms with Crippen molar-refractivity contribution < 1.29 is 41.5 Å². The Bertz CT molecular complexity index is 915. The molecular weight excluding hydrogens is 562 g/mol. The third-order valence-corrected chi connectivity index (χ3v) is 6.97. The number of aliphatic hydroxyl groups excluding tert-OH is 2. The molecule has 8 nitrogen and oxygen atoms in total. The van der Waals surface area contributed by atoms with Crippen LogP contribution in [0, 0.1) is 10.1 Å². The number of hydrogen-bond acceptors (Lipinski definition) is 5. The minimum atomic E-state index is -1.14. The molecule has 0 bridgehead atoms. The van der Waals surface area contributed by atoms with Crippen molar-refractivity contribution in [2.75, 3.05) is 6.61 Å². The van der Waals surface area contributed by atoms with Crippen LogP contribution in [0.3, 0.4) is 0 Å². The summed E-state index contributed by atoms with van der Waals surface area (Å²) in [5.41, 5.74) is 0.332. The molecule has 0 fully saturated rings. The summed E-state index contributed by atoms with van der Waals surface area (Å²) < 4.78 is 2.25. The molecule has 2 atom stereocenters. The minimum absolute atomic E-state index is 0. The summed E-state index contributed by atoms with van der Waals surface area (Å²) in [7, 11) is 0. The number of pyridine rings is 1. The largest absolute Gasteiger partial charge is 1.00 e. The van der Waals surface area contributed by atoms with Gasteiger partial charge in [-0.1, -0.05) is 70.3 Å². The first-order chi connectivity index (χ1) is 18.5. The second kappa shape index (κ2) is 21.5. The number of halogens is 1. The van der Waals surface area contributed by atoms with Gasteiger partial charge >= 0.3 is 0 Å². The van der Waals surface area contributed by atoms with Gasteiger partial charge in [-0.3, -0.25) is 14.9 Å². The van der Waals surface area contributed by atoms with Gasteiger partial charge in [-0.2, -0.15) is 0 Å². The van der Waals surface area contributed by atoms with E-state index in [1.165, 1.54) is 88.5 Å². The summed E-state index contributed by atoms with van der Waals surface area (Å²) in [5, 5.41) is 33.5. The van der Waals surface area contributed by atoms with Crippen LogP contribution in [0.4, 0.5) is 5.69 Å². The van der Waals surface area contributed by atoms with Crippen LogP contribution in [0.1, 0.15) is 102 Å². The first-order valence-electron chi connectivity index (χ1n) is 14.3. The van der Waals surface area contributed by atoms with Gasteiger partial charge in [0.2, 0.25) is 5.91 Å². The first kappa shape index (κ1) is 34.7. The summed E-state index contributed by atoms with van der Waals surface area (Å²) in [4.78, 5) is 22.5. The van der Waals surface area contributed by atoms with E-state index < -0.39 is 23.7 Å². The highest BCUT2D eigenvalue weighted by Gasteiger charge is 2.22. The lowest BCUT2D eigenvalue weighted by molar-refractivity contribution is -0.697. The lowest BCUT2D eigenvalue weighted by atomic mass is 10.0. The van der Waals surface area contributed by atoms with Crippen LogP contribution in [0.25, 0.3) is 0 Å². The van der Waals surface area contributed by atoms with Crippen molar-refractivity contribution >= 4 is 11.6 Å². The number of unbranched alkanes of at least 4 members (excludes halogenated alkanes) is 12. The first-order valence-corrected chi connectivity index (χ1v) is 14.3. The predicted octanol–water partition coefficient (Wildman–Crippen LogP) is 2.56. The van der Waals surface area contributed by atoms with Crippen molar-refractivity contribution in [2.24, 2.45) is 0 Å². The molecule has 2 aromatic rings. The molecule has 1 amide bonds. The number of aromatic nitrogens is 1. The quantitative estimate of drug-likeness (QED) is 0.0873. The lowest BCUT2D eigenvalue weighted by Crippen LogP contribution is -3.00. The average Bonchev–Trinajstić information content (AvgIpc) is 2.94. The van der Waals surface area contributed by atoms with E-state index in [1.54, 1.807) is 0 Å². The maximum Gasteiger partial charge on any atom is 0.269 e. The predicted molar refractivity (Wildman–Crippen MR) is 148 cm³/mol. The highest BCUT2D eigenvalue weighted by atomic mass is 79.9. The fourth-order valence-corrected chi connectivity index (χ4v) is 4.64. The summed E-state index contributed by atoms with van der Waals surface area (Å²) in [6.45, 7) is 0.694. The molecule has 3 N–H and O–H groups in total. The molecule has 218 valence electrons. The van der Waals surface area contributed by atoms with Crippen molar-refractivity contribution in [3.63, 3.8) is 0 Å². The van der Waals surface area contributed by atoms with Gasteiger partial charge in [-0.05, 0) is 30.5 Å². The number of carbonyl (C=O) groups is 1. The van der Waals surface area contributed by atoms with Gasteiger partial charge < -0.3 is 32.5 Å². The van der Waals surface area contributed by atoms with E-state index >= 15 is 0 Å². The molecule has 1 aromatic heterocycles. The molecule has 0 saturated carbocycles. The molecule has 39 heavy (non-hydrogen) atoms. The maximum absolute atomic E-state index is 12.3. The average molecular weight is 609 g/mol. The van der Waals surface area contributed by atoms with Crippen molar-refractivity contribution in [1.29, 1.82) is 0 Å². The van der Waals surface area contributed by atoms with E-state index in [1.807, 2.05) is 0 Å². The standard InChI is InChI=1S/C30H45N3O5.BrH/c34-25-28(30(36)26-18-20-27(21-19-26)33(37)38)31-29(35)17-13-10-8-6-4-2-1-3-5-7-9-11-14-22-32-23-15-12-16-24-32;/h12,15-16,18-21,23-24,28,30,34,36H,1-11,13-14,17,22,25H2;1H/t28-,30+;/m0./s1. The topological polar surface area (TPSA) is 117 Å². The number of rotatable bonds is 21. The molecule has 2 rings (SSSR count). The van der Waals surface area contributed by atoms with Gasteiger partial charge in [-0.25, -0.2) is 4.57 Å². The van der Waals surface area contributed by atoms with Crippen LogP contribution >= 0.6 is 0 Å². The maximum atomic E-state index is 12.3. The number of benzene rings is 1. The fraction of sp³-hybridized carbons (Fsp3) is 0.600. The zero-order valence-electron chi connectivity index (χ0n) is 23.1. The van der Waals surface area contributed by atoms with E-state index in [2.05, 4.69) is 40.5 Å². The summed E-state index contributed by atoms with van der Waals surface area (Å²) >= 11 is 0. The molecule has 0 saturated heterocycles. The number of nitro groups is 1. The number of aliphatic hydroxyl groups is 2. The molecule has 0 aliphatic heterocycles. The zero-order chi connectivity index (χ0) is 27.4. The number of nitro benzene ring substituents is 1. The Kier molecular flexibility index (Phi) is 19.1. The molecule has 1 heterocycles. The molecule has 9 heteroatoms. The van der Waals surface area contributed by atoms with Crippen molar-refractivity contribution in [1.82, 2.24) is 5.32 Å². The number of hydrogen-bond donors (Lipinski definition) is 3. The SMILES string of the molecule is O=C(CCCCCCCCCCCCCCC[n+]1ccccc1)N[C@@H](CO)[C@H](O)c1ccc([N+](=O)[O-])cc1.[Br-].